The number of piperidine rings is 1. The van der Waals surface area contributed by atoms with E-state index >= 15 is 0 Å². The van der Waals surface area contributed by atoms with Crippen LogP contribution in [0.1, 0.15) is 29.6 Å². The van der Waals surface area contributed by atoms with Gasteiger partial charge in [-0.05, 0) is 49.6 Å². The van der Waals surface area contributed by atoms with Crippen molar-refractivity contribution in [1.29, 1.82) is 0 Å². The summed E-state index contributed by atoms with van der Waals surface area (Å²) in [6.45, 7) is -1.59. The summed E-state index contributed by atoms with van der Waals surface area (Å²) in [4.78, 5) is 29.3. The zero-order valence-electron chi connectivity index (χ0n) is 20.3. The number of ether oxygens (including phenoxy) is 2. The first-order chi connectivity index (χ1) is 17.9. The highest BCUT2D eigenvalue weighted by molar-refractivity contribution is 6.07. The Labute approximate surface area is 211 Å². The number of carbonyl (C=O) groups is 1. The third kappa shape index (κ3) is 4.53. The fraction of sp³-hybridized carbons (Fsp3) is 0.333. The monoisotopic (exact) mass is 511 g/mol. The minimum atomic E-state index is -3.12. The first kappa shape index (κ1) is 24.8. The van der Waals surface area contributed by atoms with Crippen LogP contribution in [0.4, 0.5) is 8.78 Å². The molecule has 1 fully saturated rings. The number of rotatable bonds is 7. The quantitative estimate of drug-likeness (QED) is 0.403. The number of benzene rings is 2. The summed E-state index contributed by atoms with van der Waals surface area (Å²) in [5.41, 5.74) is 1.11. The van der Waals surface area contributed by atoms with Crippen LogP contribution in [0.15, 0.2) is 53.6 Å². The van der Waals surface area contributed by atoms with Crippen molar-refractivity contribution in [3.63, 3.8) is 0 Å². The zero-order chi connectivity index (χ0) is 26.1. The largest absolute Gasteiger partial charge is 0.493 e. The van der Waals surface area contributed by atoms with Gasteiger partial charge in [0.1, 0.15) is 0 Å². The van der Waals surface area contributed by atoms with Crippen molar-refractivity contribution < 1.29 is 28.2 Å². The minimum Gasteiger partial charge on any atom is -0.493 e. The van der Waals surface area contributed by atoms with E-state index in [1.165, 1.54) is 30.0 Å². The molecule has 4 aromatic rings. The minimum absolute atomic E-state index is 0.000764. The summed E-state index contributed by atoms with van der Waals surface area (Å²) in [5.74, 6) is -0.530. The van der Waals surface area contributed by atoms with Gasteiger partial charge >= 0.3 is 6.61 Å². The number of nitrogens with zero attached hydrogens (tertiary/aromatic N) is 3. The van der Waals surface area contributed by atoms with Gasteiger partial charge in [0.25, 0.3) is 11.5 Å². The van der Waals surface area contributed by atoms with Crippen LogP contribution in [0.5, 0.6) is 11.5 Å². The van der Waals surface area contributed by atoms with Crippen molar-refractivity contribution in [3.8, 4) is 17.2 Å². The fourth-order valence-electron chi connectivity index (χ4n) is 5.03. The lowest BCUT2D eigenvalue weighted by atomic mass is 10.0. The molecule has 0 unspecified atom stereocenters. The lowest BCUT2D eigenvalue weighted by Gasteiger charge is -2.27. The van der Waals surface area contributed by atoms with Gasteiger partial charge in [-0.15, -0.1) is 0 Å². The lowest BCUT2D eigenvalue weighted by Crippen LogP contribution is -2.36. The number of amides is 1. The molecule has 0 aliphatic carbocycles. The third-order valence-corrected chi connectivity index (χ3v) is 6.78. The molecule has 1 amide bonds. The predicted octanol–water partition coefficient (Wildman–Crippen LogP) is 4.17. The maximum atomic E-state index is 13.8. The number of fused-ring (bicyclic) bond motifs is 2. The molecule has 0 spiro atoms. The van der Waals surface area contributed by atoms with Crippen molar-refractivity contribution in [2.45, 2.75) is 32.4 Å². The van der Waals surface area contributed by atoms with E-state index in [-0.39, 0.29) is 35.0 Å². The standard InChI is InChI=1S/C27H27F2N3O5/c1-36-23-14-18-19(15-24(23)37-27(28)29)26(35)32(16-20(18)25(34)31-9-3-2-4-10-31)22-7-5-6-21-17(22)8-11-30(21)12-13-33/h5-8,11,14-16,27,33H,2-4,9-10,12-13H2,1H3. The number of hydrogen-bond acceptors (Lipinski definition) is 5. The average Bonchev–Trinajstić information content (AvgIpc) is 3.32. The number of likely N-dealkylation sites (tertiary alicyclic amines) is 1. The second-order valence-corrected chi connectivity index (χ2v) is 8.94. The van der Waals surface area contributed by atoms with Gasteiger partial charge in [-0.1, -0.05) is 6.07 Å². The first-order valence-corrected chi connectivity index (χ1v) is 12.1. The molecule has 5 rings (SSSR count). The Morgan fingerprint density at radius 3 is 2.51 bits per heavy atom. The van der Waals surface area contributed by atoms with E-state index in [9.17, 15) is 23.5 Å². The molecule has 3 heterocycles. The summed E-state index contributed by atoms with van der Waals surface area (Å²) in [6.07, 6.45) is 6.15. The summed E-state index contributed by atoms with van der Waals surface area (Å²) >= 11 is 0. The fourth-order valence-corrected chi connectivity index (χ4v) is 5.03. The summed E-state index contributed by atoms with van der Waals surface area (Å²) in [6, 6.07) is 9.88. The average molecular weight is 512 g/mol. The molecular formula is C27H27F2N3O5. The van der Waals surface area contributed by atoms with Gasteiger partial charge in [-0.3, -0.25) is 14.2 Å². The number of aromatic nitrogens is 2. The van der Waals surface area contributed by atoms with Crippen molar-refractivity contribution in [3.05, 3.63) is 64.7 Å². The molecule has 0 atom stereocenters. The van der Waals surface area contributed by atoms with E-state index in [0.717, 1.165) is 30.2 Å². The van der Waals surface area contributed by atoms with Crippen molar-refractivity contribution in [2.75, 3.05) is 26.8 Å². The lowest BCUT2D eigenvalue weighted by molar-refractivity contribution is -0.0511. The maximum Gasteiger partial charge on any atom is 0.387 e. The van der Waals surface area contributed by atoms with Crippen molar-refractivity contribution >= 4 is 27.6 Å². The molecule has 2 aromatic heterocycles. The number of hydrogen-bond donors (Lipinski definition) is 1. The Bertz CT molecular complexity index is 1520. The number of aliphatic hydroxyl groups excluding tert-OH is 1. The highest BCUT2D eigenvalue weighted by Gasteiger charge is 2.25. The summed E-state index contributed by atoms with van der Waals surface area (Å²) in [5, 5.41) is 10.5. The van der Waals surface area contributed by atoms with Crippen LogP contribution in [0.25, 0.3) is 27.4 Å². The van der Waals surface area contributed by atoms with Crippen LogP contribution in [0.2, 0.25) is 0 Å². The van der Waals surface area contributed by atoms with Crippen molar-refractivity contribution in [1.82, 2.24) is 14.0 Å². The normalized spacial score (nSPS) is 14.0. The zero-order valence-corrected chi connectivity index (χ0v) is 20.3. The van der Waals surface area contributed by atoms with Gasteiger partial charge in [-0.2, -0.15) is 8.78 Å². The molecule has 1 aliphatic heterocycles. The number of halogens is 2. The Kier molecular flexibility index (Phi) is 6.84. The summed E-state index contributed by atoms with van der Waals surface area (Å²) in [7, 11) is 1.31. The van der Waals surface area contributed by atoms with Crippen LogP contribution in [0, 0.1) is 0 Å². The molecule has 2 aromatic carbocycles. The SMILES string of the molecule is COc1cc2c(C(=O)N3CCCCC3)cn(-c3cccc4c3ccn4CCO)c(=O)c2cc1OC(F)F. The molecule has 8 nitrogen and oxygen atoms in total. The molecule has 1 aliphatic rings. The van der Waals surface area contributed by atoms with Gasteiger partial charge < -0.3 is 24.0 Å². The molecule has 37 heavy (non-hydrogen) atoms. The first-order valence-electron chi connectivity index (χ1n) is 12.1. The van der Waals surface area contributed by atoms with E-state index in [2.05, 4.69) is 4.74 Å². The number of alkyl halides is 2. The smallest absolute Gasteiger partial charge is 0.387 e. The van der Waals surface area contributed by atoms with Gasteiger partial charge in [0.2, 0.25) is 0 Å². The maximum absolute atomic E-state index is 13.8. The van der Waals surface area contributed by atoms with Gasteiger partial charge in [0.15, 0.2) is 11.5 Å². The van der Waals surface area contributed by atoms with E-state index in [1.807, 2.05) is 22.9 Å². The van der Waals surface area contributed by atoms with Crippen molar-refractivity contribution in [2.24, 2.45) is 0 Å². The van der Waals surface area contributed by atoms with Crippen LogP contribution < -0.4 is 15.0 Å². The van der Waals surface area contributed by atoms with Crippen LogP contribution in [0.3, 0.4) is 0 Å². The molecule has 10 heteroatoms. The van der Waals surface area contributed by atoms with E-state index in [1.54, 1.807) is 17.0 Å². The van der Waals surface area contributed by atoms with Gasteiger partial charge in [0.05, 0.1) is 35.9 Å². The Hall–Kier alpha value is -3.92. The van der Waals surface area contributed by atoms with Crippen LogP contribution in [-0.4, -0.2) is 58.5 Å². The highest BCUT2D eigenvalue weighted by atomic mass is 19.3. The van der Waals surface area contributed by atoms with E-state index in [0.29, 0.717) is 30.7 Å². The molecule has 0 bridgehead atoms. The Balaban J connectivity index is 1.79. The summed E-state index contributed by atoms with van der Waals surface area (Å²) < 4.78 is 39.4. The molecule has 0 radical (unpaired) electrons. The number of carbonyl (C=O) groups excluding carboxylic acids is 1. The van der Waals surface area contributed by atoms with E-state index < -0.39 is 12.2 Å². The second kappa shape index (κ2) is 10.2. The Morgan fingerprint density at radius 1 is 1.05 bits per heavy atom. The molecule has 194 valence electrons. The van der Waals surface area contributed by atoms with E-state index in [4.69, 9.17) is 4.74 Å². The Morgan fingerprint density at radius 2 is 1.81 bits per heavy atom. The number of aliphatic hydroxyl groups is 1. The van der Waals surface area contributed by atoms with Crippen LogP contribution >= 0.6 is 0 Å². The third-order valence-electron chi connectivity index (χ3n) is 6.78. The number of methoxy groups -OCH3 is 1. The second-order valence-electron chi connectivity index (χ2n) is 8.94. The topological polar surface area (TPSA) is 85.9 Å². The molecular weight excluding hydrogens is 484 g/mol. The molecule has 1 saturated heterocycles. The van der Waals surface area contributed by atoms with Gasteiger partial charge in [-0.25, -0.2) is 0 Å². The predicted molar refractivity (Wildman–Crippen MR) is 135 cm³/mol. The molecule has 0 saturated carbocycles. The van der Waals surface area contributed by atoms with Gasteiger partial charge in [0, 0.05) is 42.8 Å². The highest BCUT2D eigenvalue weighted by Crippen LogP contribution is 2.35. The van der Waals surface area contributed by atoms with Crippen LogP contribution in [-0.2, 0) is 6.54 Å². The number of pyridine rings is 1. The molecule has 1 N–H and O–H groups in total.